The van der Waals surface area contributed by atoms with E-state index in [1.807, 2.05) is 58.0 Å². The summed E-state index contributed by atoms with van der Waals surface area (Å²) in [6.07, 6.45) is -1.17. The predicted octanol–water partition coefficient (Wildman–Crippen LogP) is 5.53. The first-order valence-electron chi connectivity index (χ1n) is 12.1. The molecule has 3 rings (SSSR count). The molecule has 0 aliphatic carbocycles. The number of carbonyl (C=O) groups excluding carboxylic acids is 2. The molecule has 0 bridgehead atoms. The van der Waals surface area contributed by atoms with Crippen LogP contribution in [-0.2, 0) is 38.7 Å². The molecule has 1 aliphatic heterocycles. The van der Waals surface area contributed by atoms with Crippen molar-refractivity contribution in [1.82, 2.24) is 4.90 Å². The Morgan fingerprint density at radius 3 is 2.09 bits per heavy atom. The SMILES string of the molecule is COC(=O)[C@@H](OC(C)(C)C)c1c(C)c2c(c(C)c1[Si](C)(C)C)CN(C(=O)OCc1ccccc1)C2. The van der Waals surface area contributed by atoms with Crippen molar-refractivity contribution in [2.75, 3.05) is 7.11 Å². The van der Waals surface area contributed by atoms with E-state index in [1.54, 1.807) is 4.90 Å². The summed E-state index contributed by atoms with van der Waals surface area (Å²) in [5.41, 5.74) is 5.69. The van der Waals surface area contributed by atoms with Crippen LogP contribution in [0.5, 0.6) is 0 Å². The summed E-state index contributed by atoms with van der Waals surface area (Å²) >= 11 is 0. The van der Waals surface area contributed by atoms with Gasteiger partial charge in [-0.25, -0.2) is 9.59 Å². The summed E-state index contributed by atoms with van der Waals surface area (Å²) in [5, 5.41) is 1.20. The number of carbonyl (C=O) groups is 2. The lowest BCUT2D eigenvalue weighted by Gasteiger charge is -2.33. The minimum atomic E-state index is -1.92. The molecule has 0 saturated carbocycles. The highest BCUT2D eigenvalue weighted by Crippen LogP contribution is 2.37. The van der Waals surface area contributed by atoms with E-state index in [9.17, 15) is 9.59 Å². The first-order chi connectivity index (χ1) is 16.2. The Morgan fingerprint density at radius 2 is 1.57 bits per heavy atom. The summed E-state index contributed by atoms with van der Waals surface area (Å²) < 4.78 is 17.1. The second-order valence-corrected chi connectivity index (χ2v) is 16.3. The minimum Gasteiger partial charge on any atom is -0.467 e. The van der Waals surface area contributed by atoms with Crippen LogP contribution < -0.4 is 5.19 Å². The van der Waals surface area contributed by atoms with Gasteiger partial charge in [-0.05, 0) is 68.0 Å². The highest BCUT2D eigenvalue weighted by atomic mass is 28.3. The molecule has 2 aromatic carbocycles. The van der Waals surface area contributed by atoms with Gasteiger partial charge in [0.05, 0.1) is 20.8 Å². The van der Waals surface area contributed by atoms with Crippen LogP contribution in [-0.4, -0.2) is 37.7 Å². The topological polar surface area (TPSA) is 65.1 Å². The zero-order chi connectivity index (χ0) is 26.1. The number of hydrogen-bond donors (Lipinski definition) is 0. The fourth-order valence-corrected chi connectivity index (χ4v) is 7.34. The maximum Gasteiger partial charge on any atom is 0.410 e. The van der Waals surface area contributed by atoms with E-state index in [0.29, 0.717) is 13.1 Å². The van der Waals surface area contributed by atoms with Crippen LogP contribution in [0, 0.1) is 13.8 Å². The lowest BCUT2D eigenvalue weighted by Crippen LogP contribution is -2.46. The van der Waals surface area contributed by atoms with Crippen molar-refractivity contribution in [1.29, 1.82) is 0 Å². The summed E-state index contributed by atoms with van der Waals surface area (Å²) in [7, 11) is -0.526. The van der Waals surface area contributed by atoms with E-state index in [-0.39, 0.29) is 12.7 Å². The molecule has 0 saturated heterocycles. The van der Waals surface area contributed by atoms with Gasteiger partial charge >= 0.3 is 12.1 Å². The van der Waals surface area contributed by atoms with Crippen LogP contribution in [0.25, 0.3) is 0 Å². The Balaban J connectivity index is 2.03. The summed E-state index contributed by atoms with van der Waals surface area (Å²) in [5.74, 6) is -0.404. The monoisotopic (exact) mass is 497 g/mol. The molecule has 35 heavy (non-hydrogen) atoms. The van der Waals surface area contributed by atoms with Crippen molar-refractivity contribution in [3.8, 4) is 0 Å². The zero-order valence-electron chi connectivity index (χ0n) is 22.6. The zero-order valence-corrected chi connectivity index (χ0v) is 23.6. The number of hydrogen-bond acceptors (Lipinski definition) is 5. The fourth-order valence-electron chi connectivity index (χ4n) is 4.94. The van der Waals surface area contributed by atoms with Crippen LogP contribution in [0.15, 0.2) is 30.3 Å². The van der Waals surface area contributed by atoms with Gasteiger partial charge in [-0.3, -0.25) is 4.90 Å². The average molecular weight is 498 g/mol. The lowest BCUT2D eigenvalue weighted by molar-refractivity contribution is -0.164. The highest BCUT2D eigenvalue weighted by Gasteiger charge is 2.39. The Bertz CT molecular complexity index is 1100. The number of ether oxygens (including phenoxy) is 3. The van der Waals surface area contributed by atoms with Gasteiger partial charge in [0.2, 0.25) is 0 Å². The molecule has 0 fully saturated rings. The molecule has 190 valence electrons. The standard InChI is InChI=1S/C28H39NO5Si/c1-18-21-15-29(27(31)33-17-20-13-11-10-12-14-20)16-22(21)19(2)25(35(7,8)9)23(18)24(26(30)32-6)34-28(3,4)5/h10-14,24H,15-17H2,1-9H3/t24-/m0/s1. The highest BCUT2D eigenvalue weighted by molar-refractivity contribution is 6.89. The number of fused-ring (bicyclic) bond motifs is 1. The van der Waals surface area contributed by atoms with Crippen molar-refractivity contribution in [2.24, 2.45) is 0 Å². The van der Waals surface area contributed by atoms with Crippen molar-refractivity contribution in [3.05, 3.63) is 63.7 Å². The van der Waals surface area contributed by atoms with Crippen LogP contribution in [0.3, 0.4) is 0 Å². The van der Waals surface area contributed by atoms with Crippen molar-refractivity contribution < 1.29 is 23.8 Å². The predicted molar refractivity (Wildman–Crippen MR) is 140 cm³/mol. The molecule has 1 amide bonds. The smallest absolute Gasteiger partial charge is 0.410 e. The normalized spacial score (nSPS) is 14.5. The van der Waals surface area contributed by atoms with Crippen molar-refractivity contribution in [3.63, 3.8) is 0 Å². The van der Waals surface area contributed by atoms with Crippen molar-refractivity contribution in [2.45, 2.75) is 85.7 Å². The molecule has 7 heteroatoms. The molecular formula is C28H39NO5Si. The average Bonchev–Trinajstić information content (AvgIpc) is 3.23. The van der Waals surface area contributed by atoms with Gasteiger partial charge in [-0.2, -0.15) is 0 Å². The number of rotatable bonds is 6. The first-order valence-corrected chi connectivity index (χ1v) is 15.6. The van der Waals surface area contributed by atoms with Crippen molar-refractivity contribution >= 4 is 25.3 Å². The third-order valence-corrected chi connectivity index (χ3v) is 8.52. The van der Waals surface area contributed by atoms with Gasteiger partial charge in [0.15, 0.2) is 6.10 Å². The number of methoxy groups -OCH3 is 1. The molecule has 6 nitrogen and oxygen atoms in total. The van der Waals surface area contributed by atoms with Gasteiger partial charge in [0.25, 0.3) is 0 Å². The van der Waals surface area contributed by atoms with Gasteiger partial charge in [-0.1, -0.05) is 55.2 Å². The van der Waals surface area contributed by atoms with Crippen LogP contribution in [0.2, 0.25) is 19.6 Å². The van der Waals surface area contributed by atoms with Gasteiger partial charge in [-0.15, -0.1) is 0 Å². The van der Waals surface area contributed by atoms with Gasteiger partial charge < -0.3 is 14.2 Å². The van der Waals surface area contributed by atoms with E-state index in [1.165, 1.54) is 12.3 Å². The largest absolute Gasteiger partial charge is 0.467 e. The van der Waals surface area contributed by atoms with Crippen LogP contribution >= 0.6 is 0 Å². The summed E-state index contributed by atoms with van der Waals surface area (Å²) in [6, 6.07) is 9.67. The molecule has 0 N–H and O–H groups in total. The molecule has 0 aromatic heterocycles. The Kier molecular flexibility index (Phi) is 7.82. The quantitative estimate of drug-likeness (QED) is 0.388. The third kappa shape index (κ3) is 5.96. The van der Waals surface area contributed by atoms with Gasteiger partial charge in [0, 0.05) is 13.1 Å². The first kappa shape index (κ1) is 27.0. The lowest BCUT2D eigenvalue weighted by atomic mass is 9.91. The van der Waals surface area contributed by atoms with Crippen LogP contribution in [0.1, 0.15) is 60.3 Å². The molecule has 0 spiro atoms. The fraction of sp³-hybridized carbons (Fsp3) is 0.500. The number of amides is 1. The Hall–Kier alpha value is -2.64. The van der Waals surface area contributed by atoms with Gasteiger partial charge in [0.1, 0.15) is 6.61 Å². The minimum absolute atomic E-state index is 0.236. The maximum absolute atomic E-state index is 13.0. The molecule has 1 atom stereocenters. The number of esters is 1. The summed E-state index contributed by atoms with van der Waals surface area (Å²) in [6.45, 7) is 18.0. The van der Waals surface area contributed by atoms with E-state index < -0.39 is 25.7 Å². The maximum atomic E-state index is 13.0. The Morgan fingerprint density at radius 1 is 1.00 bits per heavy atom. The van der Waals surface area contributed by atoms with E-state index in [2.05, 4.69) is 26.6 Å². The molecule has 1 aliphatic rings. The van der Waals surface area contributed by atoms with E-state index in [4.69, 9.17) is 14.2 Å². The van der Waals surface area contributed by atoms with E-state index in [0.717, 1.165) is 33.4 Å². The third-order valence-electron chi connectivity index (χ3n) is 6.38. The molecule has 2 aromatic rings. The van der Waals surface area contributed by atoms with E-state index >= 15 is 0 Å². The molecular weight excluding hydrogens is 458 g/mol. The van der Waals surface area contributed by atoms with Crippen LogP contribution in [0.4, 0.5) is 4.79 Å². The molecule has 0 radical (unpaired) electrons. The Labute approximate surface area is 210 Å². The molecule has 1 heterocycles. The molecule has 0 unspecified atom stereocenters. The second-order valence-electron chi connectivity index (χ2n) is 11.3. The summed E-state index contributed by atoms with van der Waals surface area (Å²) in [4.78, 5) is 27.7. The second kappa shape index (κ2) is 10.2. The number of benzene rings is 2. The number of nitrogens with zero attached hydrogens (tertiary/aromatic N) is 1.